The molecule has 0 amide bonds. The van der Waals surface area contributed by atoms with E-state index in [9.17, 15) is 0 Å². The lowest BCUT2D eigenvalue weighted by Crippen LogP contribution is -1.96. The molecule has 3 aromatic rings. The quantitative estimate of drug-likeness (QED) is 0.454. The van der Waals surface area contributed by atoms with Gasteiger partial charge < -0.3 is 0 Å². The summed E-state index contributed by atoms with van der Waals surface area (Å²) in [4.78, 5) is 2.34. The molecule has 0 unspecified atom stereocenters. The highest BCUT2D eigenvalue weighted by atomic mass is 35.5. The minimum atomic E-state index is 0.670. The van der Waals surface area contributed by atoms with Gasteiger partial charge in [-0.1, -0.05) is 77.4 Å². The topological polar surface area (TPSA) is 0 Å². The van der Waals surface area contributed by atoms with Gasteiger partial charge in [0.05, 0.1) is 0 Å². The first-order chi connectivity index (χ1) is 11.6. The van der Waals surface area contributed by atoms with Gasteiger partial charge in [-0.15, -0.1) is 0 Å². The number of halogens is 2. The Labute approximate surface area is 157 Å². The van der Waals surface area contributed by atoms with Crippen molar-refractivity contribution in [1.29, 1.82) is 0 Å². The number of hydrogen-bond acceptors (Lipinski definition) is 1. The van der Waals surface area contributed by atoms with Crippen molar-refractivity contribution in [2.45, 2.75) is 29.6 Å². The normalized spacial score (nSPS) is 10.8. The van der Waals surface area contributed by atoms with Crippen LogP contribution in [0.5, 0.6) is 0 Å². The summed E-state index contributed by atoms with van der Waals surface area (Å²) in [7, 11) is 0. The van der Waals surface area contributed by atoms with Crippen molar-refractivity contribution < 1.29 is 0 Å². The van der Waals surface area contributed by atoms with Gasteiger partial charge in [0.15, 0.2) is 0 Å². The molecule has 24 heavy (non-hydrogen) atoms. The minimum Gasteiger partial charge on any atom is -0.0897 e. The van der Waals surface area contributed by atoms with E-state index in [4.69, 9.17) is 23.2 Å². The first-order valence-corrected chi connectivity index (χ1v) is 9.45. The first-order valence-electron chi connectivity index (χ1n) is 7.88. The monoisotopic (exact) mass is 372 g/mol. The lowest BCUT2D eigenvalue weighted by atomic mass is 10.0. The molecule has 0 aliphatic carbocycles. The maximum Gasteiger partial charge on any atom is 0.0432 e. The SMILES string of the molecule is Cc1cccc(Sc2cc(Cl)cc(Cl)c2)c1CCc1ccccc1. The number of rotatable bonds is 5. The Kier molecular flexibility index (Phi) is 5.89. The predicted octanol–water partition coefficient (Wildman–Crippen LogP) is 7.24. The molecular weight excluding hydrogens is 355 g/mol. The Balaban J connectivity index is 1.84. The van der Waals surface area contributed by atoms with Gasteiger partial charge in [-0.25, -0.2) is 0 Å². The Morgan fingerprint density at radius 3 is 2.21 bits per heavy atom. The van der Waals surface area contributed by atoms with Crippen molar-refractivity contribution in [3.63, 3.8) is 0 Å². The van der Waals surface area contributed by atoms with Gasteiger partial charge in [0.2, 0.25) is 0 Å². The van der Waals surface area contributed by atoms with Crippen LogP contribution in [0.1, 0.15) is 16.7 Å². The van der Waals surface area contributed by atoms with Crippen LogP contribution in [-0.4, -0.2) is 0 Å². The van der Waals surface area contributed by atoms with Crippen LogP contribution in [0.15, 0.2) is 76.5 Å². The van der Waals surface area contributed by atoms with E-state index in [1.54, 1.807) is 17.8 Å². The summed E-state index contributed by atoms with van der Waals surface area (Å²) < 4.78 is 0. The lowest BCUT2D eigenvalue weighted by Gasteiger charge is -2.13. The Morgan fingerprint density at radius 2 is 1.50 bits per heavy atom. The molecule has 122 valence electrons. The highest BCUT2D eigenvalue weighted by Gasteiger charge is 2.09. The van der Waals surface area contributed by atoms with Crippen molar-refractivity contribution >= 4 is 35.0 Å². The maximum absolute atomic E-state index is 6.13. The van der Waals surface area contributed by atoms with E-state index in [-0.39, 0.29) is 0 Å². The summed E-state index contributed by atoms with van der Waals surface area (Å²) in [6.07, 6.45) is 2.06. The summed E-state index contributed by atoms with van der Waals surface area (Å²) >= 11 is 14.0. The second kappa shape index (κ2) is 8.11. The average molecular weight is 373 g/mol. The van der Waals surface area contributed by atoms with E-state index in [1.807, 2.05) is 12.1 Å². The Bertz CT molecular complexity index is 808. The molecule has 0 saturated carbocycles. The number of aryl methyl sites for hydroxylation is 2. The van der Waals surface area contributed by atoms with Crippen molar-refractivity contribution in [3.05, 3.63) is 93.5 Å². The molecular formula is C21H18Cl2S. The fraction of sp³-hybridized carbons (Fsp3) is 0.143. The highest BCUT2D eigenvalue weighted by molar-refractivity contribution is 7.99. The fourth-order valence-corrected chi connectivity index (χ4v) is 4.53. The van der Waals surface area contributed by atoms with Crippen LogP contribution >= 0.6 is 35.0 Å². The summed E-state index contributed by atoms with van der Waals surface area (Å²) in [5.41, 5.74) is 4.08. The van der Waals surface area contributed by atoms with Gasteiger partial charge in [-0.3, -0.25) is 0 Å². The highest BCUT2D eigenvalue weighted by Crippen LogP contribution is 2.35. The zero-order chi connectivity index (χ0) is 16.9. The third-order valence-electron chi connectivity index (χ3n) is 3.94. The predicted molar refractivity (Wildman–Crippen MR) is 106 cm³/mol. The van der Waals surface area contributed by atoms with Gasteiger partial charge in [0.1, 0.15) is 0 Å². The molecule has 0 radical (unpaired) electrons. The summed E-state index contributed by atoms with van der Waals surface area (Å²) in [6, 6.07) is 22.7. The molecule has 3 aromatic carbocycles. The van der Waals surface area contributed by atoms with Gasteiger partial charge in [0, 0.05) is 19.8 Å². The molecule has 0 heterocycles. The van der Waals surface area contributed by atoms with Crippen molar-refractivity contribution in [1.82, 2.24) is 0 Å². The van der Waals surface area contributed by atoms with Crippen LogP contribution in [0, 0.1) is 6.92 Å². The molecule has 0 nitrogen and oxygen atoms in total. The van der Waals surface area contributed by atoms with Crippen molar-refractivity contribution in [2.24, 2.45) is 0 Å². The minimum absolute atomic E-state index is 0.670. The van der Waals surface area contributed by atoms with E-state index < -0.39 is 0 Å². The Morgan fingerprint density at radius 1 is 0.792 bits per heavy atom. The summed E-state index contributed by atoms with van der Waals surface area (Å²) in [5, 5.41) is 1.34. The van der Waals surface area contributed by atoms with Gasteiger partial charge in [-0.2, -0.15) is 0 Å². The maximum atomic E-state index is 6.13. The Hall–Kier alpha value is -1.41. The van der Waals surface area contributed by atoms with Crippen LogP contribution in [0.25, 0.3) is 0 Å². The van der Waals surface area contributed by atoms with E-state index in [0.29, 0.717) is 10.0 Å². The third-order valence-corrected chi connectivity index (χ3v) is 5.45. The van der Waals surface area contributed by atoms with Crippen molar-refractivity contribution in [3.8, 4) is 0 Å². The molecule has 0 aromatic heterocycles. The van der Waals surface area contributed by atoms with Gasteiger partial charge in [-0.05, 0) is 60.7 Å². The third kappa shape index (κ3) is 4.57. The average Bonchev–Trinajstić information content (AvgIpc) is 2.54. The van der Waals surface area contributed by atoms with E-state index in [2.05, 4.69) is 55.5 Å². The van der Waals surface area contributed by atoms with Crippen LogP contribution in [0.2, 0.25) is 10.0 Å². The molecule has 0 aliphatic heterocycles. The van der Waals surface area contributed by atoms with Crippen LogP contribution in [-0.2, 0) is 12.8 Å². The second-order valence-corrected chi connectivity index (χ2v) is 7.73. The molecule has 0 N–H and O–H groups in total. The van der Waals surface area contributed by atoms with Crippen molar-refractivity contribution in [2.75, 3.05) is 0 Å². The zero-order valence-corrected chi connectivity index (χ0v) is 15.8. The van der Waals surface area contributed by atoms with Crippen LogP contribution < -0.4 is 0 Å². The molecule has 0 atom stereocenters. The summed E-state index contributed by atoms with van der Waals surface area (Å²) in [5.74, 6) is 0. The standard InChI is InChI=1S/C21H18Cl2S/c1-15-6-5-9-21(24-19-13-17(22)12-18(23)14-19)20(15)11-10-16-7-3-2-4-8-16/h2-9,12-14H,10-11H2,1H3. The van der Waals surface area contributed by atoms with Crippen LogP contribution in [0.3, 0.4) is 0 Å². The summed E-state index contributed by atoms with van der Waals surface area (Å²) in [6.45, 7) is 2.18. The first kappa shape index (κ1) is 17.4. The second-order valence-electron chi connectivity index (χ2n) is 5.74. The molecule has 0 aliphatic rings. The van der Waals surface area contributed by atoms with Gasteiger partial charge >= 0.3 is 0 Å². The zero-order valence-electron chi connectivity index (χ0n) is 13.4. The molecule has 0 saturated heterocycles. The number of hydrogen-bond donors (Lipinski definition) is 0. The molecule has 0 fully saturated rings. The van der Waals surface area contributed by atoms with Crippen LogP contribution in [0.4, 0.5) is 0 Å². The largest absolute Gasteiger partial charge is 0.0897 e. The lowest BCUT2D eigenvalue weighted by molar-refractivity contribution is 0.922. The fourth-order valence-electron chi connectivity index (χ4n) is 2.72. The molecule has 3 heteroatoms. The van der Waals surface area contributed by atoms with E-state index in [0.717, 1.165) is 17.7 Å². The van der Waals surface area contributed by atoms with E-state index in [1.165, 1.54) is 21.6 Å². The molecule has 0 spiro atoms. The number of benzene rings is 3. The molecule has 3 rings (SSSR count). The molecule has 0 bridgehead atoms. The van der Waals surface area contributed by atoms with E-state index >= 15 is 0 Å². The van der Waals surface area contributed by atoms with Gasteiger partial charge in [0.25, 0.3) is 0 Å². The smallest absolute Gasteiger partial charge is 0.0432 e.